The van der Waals surface area contributed by atoms with Gasteiger partial charge in [0.25, 0.3) is 0 Å². The SMILES string of the molecule is OC1CC(c2ccc(-c3ccc(C(F)(F)F)cc3)cc2)Cc2ccccc21. The lowest BCUT2D eigenvalue weighted by molar-refractivity contribution is -0.137. The van der Waals surface area contributed by atoms with Crippen molar-refractivity contribution >= 4 is 0 Å². The maximum Gasteiger partial charge on any atom is 0.416 e. The van der Waals surface area contributed by atoms with Crippen molar-refractivity contribution in [3.63, 3.8) is 0 Å². The van der Waals surface area contributed by atoms with Crippen LogP contribution in [0.25, 0.3) is 11.1 Å². The Bertz CT molecular complexity index is 927. The smallest absolute Gasteiger partial charge is 0.388 e. The van der Waals surface area contributed by atoms with E-state index in [9.17, 15) is 18.3 Å². The van der Waals surface area contributed by atoms with Crippen LogP contribution in [0.4, 0.5) is 13.2 Å². The minimum Gasteiger partial charge on any atom is -0.388 e. The van der Waals surface area contributed by atoms with E-state index in [1.165, 1.54) is 17.7 Å². The van der Waals surface area contributed by atoms with Crippen LogP contribution < -0.4 is 0 Å². The van der Waals surface area contributed by atoms with Gasteiger partial charge < -0.3 is 5.11 Å². The normalized spacial score (nSPS) is 19.6. The summed E-state index contributed by atoms with van der Waals surface area (Å²) in [7, 11) is 0. The van der Waals surface area contributed by atoms with Crippen LogP contribution in [0.2, 0.25) is 0 Å². The lowest BCUT2D eigenvalue weighted by atomic mass is 9.78. The van der Waals surface area contributed by atoms with Crippen molar-refractivity contribution in [1.29, 1.82) is 0 Å². The molecule has 0 aliphatic heterocycles. The summed E-state index contributed by atoms with van der Waals surface area (Å²) in [6.45, 7) is 0. The second kappa shape index (κ2) is 6.86. The summed E-state index contributed by atoms with van der Waals surface area (Å²) in [4.78, 5) is 0. The number of alkyl halides is 3. The number of aliphatic hydroxyl groups excluding tert-OH is 1. The van der Waals surface area contributed by atoms with Crippen molar-refractivity contribution in [2.45, 2.75) is 31.0 Å². The Hall–Kier alpha value is -2.59. The van der Waals surface area contributed by atoms with Crippen molar-refractivity contribution in [2.75, 3.05) is 0 Å². The molecule has 0 spiro atoms. The van der Waals surface area contributed by atoms with Crippen molar-refractivity contribution in [2.24, 2.45) is 0 Å². The van der Waals surface area contributed by atoms with Crippen LogP contribution in [0.5, 0.6) is 0 Å². The third kappa shape index (κ3) is 3.62. The molecular weight excluding hydrogens is 349 g/mol. The number of halogens is 3. The highest BCUT2D eigenvalue weighted by molar-refractivity contribution is 5.64. The molecule has 1 aliphatic rings. The average molecular weight is 368 g/mol. The summed E-state index contributed by atoms with van der Waals surface area (Å²) in [6.07, 6.45) is -3.22. The van der Waals surface area contributed by atoms with E-state index in [-0.39, 0.29) is 5.92 Å². The first-order valence-electron chi connectivity index (χ1n) is 8.95. The first-order valence-corrected chi connectivity index (χ1v) is 8.95. The Kier molecular flexibility index (Phi) is 4.52. The van der Waals surface area contributed by atoms with E-state index in [0.717, 1.165) is 40.8 Å². The third-order valence-corrected chi connectivity index (χ3v) is 5.32. The predicted molar refractivity (Wildman–Crippen MR) is 99.3 cm³/mol. The first-order chi connectivity index (χ1) is 12.9. The molecule has 0 heterocycles. The molecule has 0 fully saturated rings. The number of hydrogen-bond acceptors (Lipinski definition) is 1. The molecule has 0 saturated heterocycles. The summed E-state index contributed by atoms with van der Waals surface area (Å²) < 4.78 is 38.1. The highest BCUT2D eigenvalue weighted by Gasteiger charge is 2.30. The number of fused-ring (bicyclic) bond motifs is 1. The molecule has 3 aromatic carbocycles. The van der Waals surface area contributed by atoms with E-state index >= 15 is 0 Å². The predicted octanol–water partition coefficient (Wildman–Crippen LogP) is 6.14. The summed E-state index contributed by atoms with van der Waals surface area (Å²) in [5, 5.41) is 10.4. The Balaban J connectivity index is 1.55. The molecule has 27 heavy (non-hydrogen) atoms. The van der Waals surface area contributed by atoms with Gasteiger partial charge in [-0.2, -0.15) is 13.2 Å². The largest absolute Gasteiger partial charge is 0.416 e. The highest BCUT2D eigenvalue weighted by Crippen LogP contribution is 2.39. The summed E-state index contributed by atoms with van der Waals surface area (Å²) >= 11 is 0. The fourth-order valence-corrected chi connectivity index (χ4v) is 3.84. The molecule has 2 unspecified atom stereocenters. The zero-order chi connectivity index (χ0) is 19.0. The summed E-state index contributed by atoms with van der Waals surface area (Å²) in [5.74, 6) is 0.233. The molecule has 1 aliphatic carbocycles. The molecule has 3 aromatic rings. The van der Waals surface area contributed by atoms with Gasteiger partial charge in [0.05, 0.1) is 11.7 Å². The molecule has 1 N–H and O–H groups in total. The van der Waals surface area contributed by atoms with E-state index in [2.05, 4.69) is 6.07 Å². The Morgan fingerprint density at radius 2 is 1.37 bits per heavy atom. The van der Waals surface area contributed by atoms with Gasteiger partial charge in [-0.1, -0.05) is 60.7 Å². The fraction of sp³-hybridized carbons (Fsp3) is 0.217. The van der Waals surface area contributed by atoms with Gasteiger partial charge in [0.15, 0.2) is 0 Å². The Labute approximate surface area is 156 Å². The maximum atomic E-state index is 12.7. The monoisotopic (exact) mass is 368 g/mol. The Morgan fingerprint density at radius 3 is 2.00 bits per heavy atom. The van der Waals surface area contributed by atoms with Gasteiger partial charge >= 0.3 is 6.18 Å². The summed E-state index contributed by atoms with van der Waals surface area (Å²) in [5.41, 5.74) is 4.31. The number of benzene rings is 3. The van der Waals surface area contributed by atoms with Crippen LogP contribution in [0, 0.1) is 0 Å². The lowest BCUT2D eigenvalue weighted by Crippen LogP contribution is -2.17. The number of hydrogen-bond donors (Lipinski definition) is 1. The molecule has 0 bridgehead atoms. The molecule has 0 radical (unpaired) electrons. The molecule has 2 atom stereocenters. The first kappa shape index (κ1) is 17.8. The van der Waals surface area contributed by atoms with Crippen LogP contribution in [0.3, 0.4) is 0 Å². The minimum absolute atomic E-state index is 0.233. The average Bonchev–Trinajstić information content (AvgIpc) is 2.67. The molecule has 138 valence electrons. The maximum absolute atomic E-state index is 12.7. The van der Waals surface area contributed by atoms with Crippen molar-refractivity contribution < 1.29 is 18.3 Å². The quantitative estimate of drug-likeness (QED) is 0.576. The second-order valence-corrected chi connectivity index (χ2v) is 7.05. The van der Waals surface area contributed by atoms with E-state index < -0.39 is 17.8 Å². The van der Waals surface area contributed by atoms with Crippen molar-refractivity contribution in [3.8, 4) is 11.1 Å². The van der Waals surface area contributed by atoms with E-state index in [4.69, 9.17) is 0 Å². The number of aliphatic hydroxyl groups is 1. The van der Waals surface area contributed by atoms with E-state index in [0.29, 0.717) is 6.42 Å². The van der Waals surface area contributed by atoms with Crippen molar-refractivity contribution in [3.05, 3.63) is 95.1 Å². The third-order valence-electron chi connectivity index (χ3n) is 5.32. The highest BCUT2D eigenvalue weighted by atomic mass is 19.4. The molecular formula is C23H19F3O. The van der Waals surface area contributed by atoms with Gasteiger partial charge in [-0.15, -0.1) is 0 Å². The van der Waals surface area contributed by atoms with Gasteiger partial charge in [-0.05, 0) is 58.7 Å². The molecule has 0 amide bonds. The minimum atomic E-state index is -4.32. The number of rotatable bonds is 2. The molecule has 4 heteroatoms. The van der Waals surface area contributed by atoms with Crippen LogP contribution in [-0.4, -0.2) is 5.11 Å². The summed E-state index contributed by atoms with van der Waals surface area (Å²) in [6, 6.07) is 21.1. The zero-order valence-electron chi connectivity index (χ0n) is 14.6. The lowest BCUT2D eigenvalue weighted by Gasteiger charge is -2.29. The van der Waals surface area contributed by atoms with Crippen LogP contribution in [0.15, 0.2) is 72.8 Å². The Morgan fingerprint density at radius 1 is 0.778 bits per heavy atom. The van der Waals surface area contributed by atoms with Crippen LogP contribution in [0.1, 0.15) is 40.7 Å². The fourth-order valence-electron chi connectivity index (χ4n) is 3.84. The van der Waals surface area contributed by atoms with Gasteiger partial charge in [0.2, 0.25) is 0 Å². The standard InChI is InChI=1S/C23H19F3O/c24-23(25,26)20-11-9-16(10-12-20)15-5-7-17(8-6-15)19-13-18-3-1-2-4-21(18)22(27)14-19/h1-12,19,22,27H,13-14H2. The molecule has 0 saturated carbocycles. The topological polar surface area (TPSA) is 20.2 Å². The van der Waals surface area contributed by atoms with Gasteiger partial charge in [-0.3, -0.25) is 0 Å². The van der Waals surface area contributed by atoms with Gasteiger partial charge in [-0.25, -0.2) is 0 Å². The van der Waals surface area contributed by atoms with Crippen LogP contribution in [-0.2, 0) is 12.6 Å². The second-order valence-electron chi connectivity index (χ2n) is 7.05. The van der Waals surface area contributed by atoms with Gasteiger partial charge in [0.1, 0.15) is 0 Å². The van der Waals surface area contributed by atoms with E-state index in [1.54, 1.807) is 0 Å². The van der Waals surface area contributed by atoms with E-state index in [1.807, 2.05) is 42.5 Å². The molecule has 0 aromatic heterocycles. The van der Waals surface area contributed by atoms with Gasteiger partial charge in [0, 0.05) is 0 Å². The zero-order valence-corrected chi connectivity index (χ0v) is 14.6. The molecule has 4 rings (SSSR count). The van der Waals surface area contributed by atoms with Crippen molar-refractivity contribution in [1.82, 2.24) is 0 Å². The van der Waals surface area contributed by atoms with Crippen LogP contribution >= 0.6 is 0 Å². The molecule has 1 nitrogen and oxygen atoms in total.